The first-order valence-corrected chi connectivity index (χ1v) is 4.84. The molecule has 0 radical (unpaired) electrons. The zero-order valence-corrected chi connectivity index (χ0v) is 8.98. The fourth-order valence-corrected chi connectivity index (χ4v) is 1.73. The van der Waals surface area contributed by atoms with Crippen LogP contribution in [0.25, 0.3) is 5.78 Å². The van der Waals surface area contributed by atoms with E-state index in [1.807, 2.05) is 0 Å². The van der Waals surface area contributed by atoms with E-state index in [0.717, 1.165) is 0 Å². The maximum atomic E-state index is 11.5. The zero-order chi connectivity index (χ0) is 11.0. The molecule has 0 aliphatic heterocycles. The van der Waals surface area contributed by atoms with Crippen LogP contribution < -0.4 is 5.56 Å². The number of halogens is 1. The minimum absolute atomic E-state index is 0.226. The average molecular weight is 272 g/mol. The molecule has 2 aromatic heterocycles. The van der Waals surface area contributed by atoms with Crippen molar-refractivity contribution in [2.45, 2.75) is 6.42 Å². The number of hydrogen-bond acceptors (Lipinski definition) is 3. The highest BCUT2D eigenvalue weighted by Gasteiger charge is 2.08. The van der Waals surface area contributed by atoms with Gasteiger partial charge in [0.1, 0.15) is 4.60 Å². The summed E-state index contributed by atoms with van der Waals surface area (Å²) in [5.74, 6) is -0.675. The summed E-state index contributed by atoms with van der Waals surface area (Å²) in [5.41, 5.74) is 0.0162. The van der Waals surface area contributed by atoms with Gasteiger partial charge in [-0.05, 0) is 15.9 Å². The van der Waals surface area contributed by atoms with Crippen molar-refractivity contribution in [2.75, 3.05) is 0 Å². The quantitative estimate of drug-likeness (QED) is 0.829. The first-order valence-electron chi connectivity index (χ1n) is 4.05. The molecule has 0 atom stereocenters. The maximum absolute atomic E-state index is 11.5. The molecule has 0 aliphatic rings. The Balaban J connectivity index is 2.63. The molecule has 0 fully saturated rings. The van der Waals surface area contributed by atoms with Gasteiger partial charge in [0.05, 0.1) is 12.6 Å². The number of carbonyl (C=O) groups is 1. The van der Waals surface area contributed by atoms with Crippen LogP contribution in [-0.4, -0.2) is 25.4 Å². The summed E-state index contributed by atoms with van der Waals surface area (Å²) in [4.78, 5) is 28.7. The van der Waals surface area contributed by atoms with Crippen LogP contribution in [0.1, 0.15) is 5.69 Å². The molecule has 6 nitrogen and oxygen atoms in total. The minimum atomic E-state index is -0.999. The summed E-state index contributed by atoms with van der Waals surface area (Å²) >= 11 is 3.16. The number of carboxylic acid groups (broad SMARTS) is 1. The number of aromatic nitrogens is 3. The standard InChI is InChI=1S/C8H6BrN3O3/c9-5-3-10-8-11-4(2-7(14)15)1-6(13)12(5)8/h1,3H,2H2,(H,10,11)(H,14,15). The molecule has 0 saturated carbocycles. The SMILES string of the molecule is O=C(O)Cc1cc(=O)n2c(Br)cnc2[nH]1. The highest BCUT2D eigenvalue weighted by molar-refractivity contribution is 9.10. The van der Waals surface area contributed by atoms with Crippen molar-refractivity contribution in [2.24, 2.45) is 0 Å². The van der Waals surface area contributed by atoms with E-state index in [1.165, 1.54) is 16.7 Å². The van der Waals surface area contributed by atoms with Gasteiger partial charge in [-0.2, -0.15) is 0 Å². The number of aliphatic carboxylic acids is 1. The molecule has 0 amide bonds. The molecule has 2 rings (SSSR count). The number of rotatable bonds is 2. The largest absolute Gasteiger partial charge is 0.481 e. The van der Waals surface area contributed by atoms with Gasteiger partial charge in [-0.25, -0.2) is 9.38 Å². The monoisotopic (exact) mass is 271 g/mol. The first kappa shape index (κ1) is 9.91. The Morgan fingerprint density at radius 1 is 1.67 bits per heavy atom. The summed E-state index contributed by atoms with van der Waals surface area (Å²) in [6, 6.07) is 1.24. The highest BCUT2D eigenvalue weighted by Crippen LogP contribution is 2.08. The van der Waals surface area contributed by atoms with Crippen LogP contribution in [0, 0.1) is 0 Å². The lowest BCUT2D eigenvalue weighted by Crippen LogP contribution is -2.16. The van der Waals surface area contributed by atoms with Crippen LogP contribution in [0.3, 0.4) is 0 Å². The number of imidazole rings is 1. The summed E-state index contributed by atoms with van der Waals surface area (Å²) in [6.07, 6.45) is 1.24. The number of H-pyrrole nitrogens is 1. The molecular weight excluding hydrogens is 266 g/mol. The van der Waals surface area contributed by atoms with Crippen LogP contribution in [-0.2, 0) is 11.2 Å². The second kappa shape index (κ2) is 3.50. The van der Waals surface area contributed by atoms with Gasteiger partial charge in [0.2, 0.25) is 5.78 Å². The predicted octanol–water partition coefficient (Wildman–Crippen LogP) is 0.412. The first-order chi connectivity index (χ1) is 7.08. The van der Waals surface area contributed by atoms with Gasteiger partial charge in [-0.1, -0.05) is 0 Å². The molecule has 2 heterocycles. The molecule has 0 bridgehead atoms. The number of fused-ring (bicyclic) bond motifs is 1. The van der Waals surface area contributed by atoms with Gasteiger partial charge < -0.3 is 10.1 Å². The van der Waals surface area contributed by atoms with Crippen LogP contribution in [0.5, 0.6) is 0 Å². The number of hydrogen-bond donors (Lipinski definition) is 2. The zero-order valence-electron chi connectivity index (χ0n) is 7.40. The lowest BCUT2D eigenvalue weighted by atomic mass is 10.3. The Morgan fingerprint density at radius 2 is 2.40 bits per heavy atom. The van der Waals surface area contributed by atoms with Crippen LogP contribution in [0.2, 0.25) is 0 Å². The Morgan fingerprint density at radius 3 is 3.07 bits per heavy atom. The molecule has 0 saturated heterocycles. The van der Waals surface area contributed by atoms with Gasteiger partial charge in [0.25, 0.3) is 5.56 Å². The number of aromatic amines is 1. The van der Waals surface area contributed by atoms with Gasteiger partial charge >= 0.3 is 5.97 Å². The van der Waals surface area contributed by atoms with Crippen LogP contribution in [0.15, 0.2) is 21.7 Å². The molecule has 0 aromatic carbocycles. The number of nitrogens with zero attached hydrogens (tertiary/aromatic N) is 2. The molecule has 2 N–H and O–H groups in total. The van der Waals surface area contributed by atoms with Crippen molar-refractivity contribution in [3.63, 3.8) is 0 Å². The van der Waals surface area contributed by atoms with Gasteiger partial charge in [0, 0.05) is 11.8 Å². The Hall–Kier alpha value is -1.63. The summed E-state index contributed by atoms with van der Waals surface area (Å²) in [5, 5.41) is 8.58. The van der Waals surface area contributed by atoms with Crippen molar-refractivity contribution in [3.05, 3.63) is 32.9 Å². The number of nitrogens with one attached hydrogen (secondary N) is 1. The van der Waals surface area contributed by atoms with Gasteiger partial charge in [-0.3, -0.25) is 9.59 Å². The fourth-order valence-electron chi connectivity index (χ4n) is 1.28. The lowest BCUT2D eigenvalue weighted by Gasteiger charge is -1.99. The Bertz CT molecular complexity index is 586. The van der Waals surface area contributed by atoms with E-state index in [1.54, 1.807) is 0 Å². The molecule has 15 heavy (non-hydrogen) atoms. The van der Waals surface area contributed by atoms with E-state index >= 15 is 0 Å². The maximum Gasteiger partial charge on any atom is 0.309 e. The third-order valence-corrected chi connectivity index (χ3v) is 2.41. The van der Waals surface area contributed by atoms with E-state index in [2.05, 4.69) is 25.9 Å². The Labute approximate surface area is 91.7 Å². The molecule has 0 unspecified atom stereocenters. The van der Waals surface area contributed by atoms with Crippen molar-refractivity contribution >= 4 is 27.7 Å². The van der Waals surface area contributed by atoms with Gasteiger partial charge in [-0.15, -0.1) is 0 Å². The Kier molecular flexibility index (Phi) is 2.31. The van der Waals surface area contributed by atoms with Crippen molar-refractivity contribution < 1.29 is 9.90 Å². The third kappa shape index (κ3) is 1.78. The minimum Gasteiger partial charge on any atom is -0.481 e. The average Bonchev–Trinajstić information content (AvgIpc) is 2.46. The second-order valence-corrected chi connectivity index (χ2v) is 3.76. The highest BCUT2D eigenvalue weighted by atomic mass is 79.9. The molecule has 0 aliphatic carbocycles. The normalized spacial score (nSPS) is 10.7. The van der Waals surface area contributed by atoms with E-state index in [9.17, 15) is 9.59 Å². The van der Waals surface area contributed by atoms with E-state index in [4.69, 9.17) is 5.11 Å². The molecule has 78 valence electrons. The predicted molar refractivity (Wildman–Crippen MR) is 54.9 cm³/mol. The topological polar surface area (TPSA) is 87.5 Å². The van der Waals surface area contributed by atoms with Crippen molar-refractivity contribution in [1.82, 2.24) is 14.4 Å². The fraction of sp³-hybridized carbons (Fsp3) is 0.125. The van der Waals surface area contributed by atoms with Crippen LogP contribution >= 0.6 is 15.9 Å². The van der Waals surface area contributed by atoms with Gasteiger partial charge in [0.15, 0.2) is 0 Å². The molecule has 0 spiro atoms. The third-order valence-electron chi connectivity index (χ3n) is 1.85. The summed E-state index contributed by atoms with van der Waals surface area (Å²) in [6.45, 7) is 0. The second-order valence-electron chi connectivity index (χ2n) is 2.94. The van der Waals surface area contributed by atoms with E-state index in [0.29, 0.717) is 16.1 Å². The van der Waals surface area contributed by atoms with E-state index in [-0.39, 0.29) is 12.0 Å². The van der Waals surface area contributed by atoms with Crippen LogP contribution in [0.4, 0.5) is 0 Å². The van der Waals surface area contributed by atoms with Crippen molar-refractivity contribution in [1.29, 1.82) is 0 Å². The number of carboxylic acids is 1. The lowest BCUT2D eigenvalue weighted by molar-refractivity contribution is -0.136. The van der Waals surface area contributed by atoms with Crippen molar-refractivity contribution in [3.8, 4) is 0 Å². The summed E-state index contributed by atoms with van der Waals surface area (Å²) in [7, 11) is 0. The molecule has 2 aromatic rings. The van der Waals surface area contributed by atoms with E-state index < -0.39 is 5.97 Å². The smallest absolute Gasteiger partial charge is 0.309 e. The molecular formula is C8H6BrN3O3. The summed E-state index contributed by atoms with van der Waals surface area (Å²) < 4.78 is 1.84. The molecule has 7 heteroatoms.